The van der Waals surface area contributed by atoms with Crippen LogP contribution < -0.4 is 4.90 Å². The van der Waals surface area contributed by atoms with Crippen molar-refractivity contribution in [3.05, 3.63) is 29.3 Å². The molecule has 0 fully saturated rings. The third kappa shape index (κ3) is 3.18. The second kappa shape index (κ2) is 6.55. The first kappa shape index (κ1) is 14.6. The Morgan fingerprint density at radius 1 is 1.30 bits per heavy atom. The number of fused-ring (bicyclic) bond motifs is 1. The van der Waals surface area contributed by atoms with Gasteiger partial charge >= 0.3 is 5.97 Å². The van der Waals surface area contributed by atoms with Crippen molar-refractivity contribution in [1.82, 2.24) is 0 Å². The zero-order valence-corrected chi connectivity index (χ0v) is 12.1. The fourth-order valence-corrected chi connectivity index (χ4v) is 2.67. The molecule has 0 aliphatic carbocycles. The molecule has 1 heterocycles. The highest BCUT2D eigenvalue weighted by Crippen LogP contribution is 2.31. The van der Waals surface area contributed by atoms with E-state index in [9.17, 15) is 9.59 Å². The second-order valence-electron chi connectivity index (χ2n) is 5.04. The summed E-state index contributed by atoms with van der Waals surface area (Å²) in [5, 5.41) is 0. The van der Waals surface area contributed by atoms with Crippen LogP contribution in [0.25, 0.3) is 0 Å². The Labute approximate surface area is 119 Å². The summed E-state index contributed by atoms with van der Waals surface area (Å²) in [5.74, 6) is -0.295. The molecule has 1 amide bonds. The first-order valence-electron chi connectivity index (χ1n) is 7.18. The first-order chi connectivity index (χ1) is 9.63. The molecule has 0 radical (unpaired) electrons. The number of aryl methyl sites for hydroxylation is 2. The van der Waals surface area contributed by atoms with Gasteiger partial charge in [-0.15, -0.1) is 0 Å². The number of anilines is 1. The maximum atomic E-state index is 12.3. The van der Waals surface area contributed by atoms with E-state index in [1.165, 1.54) is 5.56 Å². The van der Waals surface area contributed by atoms with Gasteiger partial charge in [0.15, 0.2) is 0 Å². The molecular weight excluding hydrogens is 254 g/mol. The van der Waals surface area contributed by atoms with E-state index in [-0.39, 0.29) is 24.7 Å². The Morgan fingerprint density at radius 2 is 2.10 bits per heavy atom. The van der Waals surface area contributed by atoms with E-state index in [1.807, 2.05) is 24.0 Å². The fourth-order valence-electron chi connectivity index (χ4n) is 2.67. The van der Waals surface area contributed by atoms with Crippen LogP contribution in [-0.4, -0.2) is 25.0 Å². The van der Waals surface area contributed by atoms with Gasteiger partial charge in [-0.2, -0.15) is 0 Å². The summed E-state index contributed by atoms with van der Waals surface area (Å²) in [5.41, 5.74) is 3.38. The van der Waals surface area contributed by atoms with Crippen LogP contribution in [0, 0.1) is 6.92 Å². The number of ether oxygens (including phenoxy) is 1. The lowest BCUT2D eigenvalue weighted by Gasteiger charge is -2.31. The van der Waals surface area contributed by atoms with Crippen molar-refractivity contribution in [2.45, 2.75) is 39.5 Å². The van der Waals surface area contributed by atoms with Crippen LogP contribution in [0.2, 0.25) is 0 Å². The minimum absolute atomic E-state index is 0.00769. The largest absolute Gasteiger partial charge is 0.466 e. The highest BCUT2D eigenvalue weighted by atomic mass is 16.5. The van der Waals surface area contributed by atoms with Gasteiger partial charge < -0.3 is 9.64 Å². The number of carbonyl (C=O) groups excluding carboxylic acids is 2. The van der Waals surface area contributed by atoms with Gasteiger partial charge in [0.2, 0.25) is 5.91 Å². The number of esters is 1. The lowest BCUT2D eigenvalue weighted by Crippen LogP contribution is -2.36. The Morgan fingerprint density at radius 3 is 2.85 bits per heavy atom. The van der Waals surface area contributed by atoms with Crippen LogP contribution in [0.3, 0.4) is 0 Å². The number of carbonyl (C=O) groups is 2. The lowest BCUT2D eigenvalue weighted by molar-refractivity contribution is -0.144. The number of benzene rings is 1. The molecular formula is C16H21NO3. The van der Waals surface area contributed by atoms with Crippen molar-refractivity contribution < 1.29 is 14.3 Å². The SMILES string of the molecule is CCOC(=O)CCC(=O)N1CCCc2cccc(C)c21. The monoisotopic (exact) mass is 275 g/mol. The van der Waals surface area contributed by atoms with Crippen molar-refractivity contribution in [2.75, 3.05) is 18.1 Å². The summed E-state index contributed by atoms with van der Waals surface area (Å²) in [7, 11) is 0. The highest BCUT2D eigenvalue weighted by Gasteiger charge is 2.24. The van der Waals surface area contributed by atoms with Crippen LogP contribution in [0.4, 0.5) is 5.69 Å². The van der Waals surface area contributed by atoms with Gasteiger partial charge in [-0.25, -0.2) is 0 Å². The molecule has 0 atom stereocenters. The molecule has 20 heavy (non-hydrogen) atoms. The maximum Gasteiger partial charge on any atom is 0.306 e. The van der Waals surface area contributed by atoms with Crippen molar-refractivity contribution in [1.29, 1.82) is 0 Å². The minimum atomic E-state index is -0.303. The lowest BCUT2D eigenvalue weighted by atomic mass is 9.98. The van der Waals surface area contributed by atoms with Crippen molar-refractivity contribution >= 4 is 17.6 Å². The van der Waals surface area contributed by atoms with Crippen LogP contribution in [0.5, 0.6) is 0 Å². The molecule has 4 heteroatoms. The second-order valence-corrected chi connectivity index (χ2v) is 5.04. The Kier molecular flexibility index (Phi) is 4.77. The maximum absolute atomic E-state index is 12.3. The molecule has 0 saturated heterocycles. The molecule has 1 aromatic carbocycles. The average Bonchev–Trinajstić information content (AvgIpc) is 2.45. The van der Waals surface area contributed by atoms with E-state index in [0.717, 1.165) is 30.6 Å². The summed E-state index contributed by atoms with van der Waals surface area (Å²) < 4.78 is 4.86. The number of rotatable bonds is 4. The number of amides is 1. The van der Waals surface area contributed by atoms with E-state index in [2.05, 4.69) is 6.07 Å². The standard InChI is InChI=1S/C16H21NO3/c1-3-20-15(19)10-9-14(18)17-11-5-8-13-7-4-6-12(2)16(13)17/h4,6-7H,3,5,8-11H2,1-2H3. The summed E-state index contributed by atoms with van der Waals surface area (Å²) in [6.45, 7) is 4.89. The molecule has 0 aromatic heterocycles. The van der Waals surface area contributed by atoms with Gasteiger partial charge in [-0.3, -0.25) is 9.59 Å². The summed E-state index contributed by atoms with van der Waals surface area (Å²) in [6, 6.07) is 6.13. The zero-order chi connectivity index (χ0) is 14.5. The Bertz CT molecular complexity index is 510. The van der Waals surface area contributed by atoms with Gasteiger partial charge in [-0.05, 0) is 37.8 Å². The number of nitrogens with zero attached hydrogens (tertiary/aromatic N) is 1. The predicted molar refractivity (Wildman–Crippen MR) is 77.7 cm³/mol. The van der Waals surface area contributed by atoms with Crippen molar-refractivity contribution in [3.63, 3.8) is 0 Å². The summed E-state index contributed by atoms with van der Waals surface area (Å²) in [4.78, 5) is 25.5. The van der Waals surface area contributed by atoms with Crippen LogP contribution in [-0.2, 0) is 20.7 Å². The van der Waals surface area contributed by atoms with Crippen molar-refractivity contribution in [3.8, 4) is 0 Å². The van der Waals surface area contributed by atoms with Crippen LogP contribution in [0.15, 0.2) is 18.2 Å². The normalized spacial score (nSPS) is 13.8. The Balaban J connectivity index is 2.07. The molecule has 0 spiro atoms. The van der Waals surface area contributed by atoms with Gasteiger partial charge in [0.25, 0.3) is 0 Å². The number of hydrogen-bond donors (Lipinski definition) is 0. The van der Waals surface area contributed by atoms with E-state index in [0.29, 0.717) is 6.61 Å². The molecule has 1 aliphatic rings. The molecule has 108 valence electrons. The molecule has 2 rings (SSSR count). The van der Waals surface area contributed by atoms with E-state index in [1.54, 1.807) is 6.92 Å². The molecule has 0 N–H and O–H groups in total. The number of hydrogen-bond acceptors (Lipinski definition) is 3. The fraction of sp³-hybridized carbons (Fsp3) is 0.500. The van der Waals surface area contributed by atoms with Crippen LogP contribution in [0.1, 0.15) is 37.3 Å². The quantitative estimate of drug-likeness (QED) is 0.794. The molecule has 0 bridgehead atoms. The van der Waals surface area contributed by atoms with E-state index < -0.39 is 0 Å². The van der Waals surface area contributed by atoms with Crippen LogP contribution >= 0.6 is 0 Å². The van der Waals surface area contributed by atoms with Gasteiger partial charge in [-0.1, -0.05) is 18.2 Å². The third-order valence-electron chi connectivity index (χ3n) is 3.57. The van der Waals surface area contributed by atoms with Gasteiger partial charge in [0.05, 0.1) is 13.0 Å². The molecule has 0 saturated carbocycles. The Hall–Kier alpha value is -1.84. The van der Waals surface area contributed by atoms with Gasteiger partial charge in [0.1, 0.15) is 0 Å². The molecule has 4 nitrogen and oxygen atoms in total. The summed E-state index contributed by atoms with van der Waals surface area (Å²) >= 11 is 0. The van der Waals surface area contributed by atoms with E-state index in [4.69, 9.17) is 4.74 Å². The zero-order valence-electron chi connectivity index (χ0n) is 12.1. The molecule has 0 unspecified atom stereocenters. The van der Waals surface area contributed by atoms with Crippen molar-refractivity contribution in [2.24, 2.45) is 0 Å². The highest BCUT2D eigenvalue weighted by molar-refractivity contribution is 5.96. The number of para-hydroxylation sites is 1. The molecule has 1 aliphatic heterocycles. The molecule has 1 aromatic rings. The van der Waals surface area contributed by atoms with E-state index >= 15 is 0 Å². The van der Waals surface area contributed by atoms with Gasteiger partial charge in [0, 0.05) is 18.7 Å². The summed E-state index contributed by atoms with van der Waals surface area (Å²) in [6.07, 6.45) is 2.36. The topological polar surface area (TPSA) is 46.6 Å². The smallest absolute Gasteiger partial charge is 0.306 e. The predicted octanol–water partition coefficient (Wildman–Crippen LogP) is 2.62. The third-order valence-corrected chi connectivity index (χ3v) is 3.57. The average molecular weight is 275 g/mol. The first-order valence-corrected chi connectivity index (χ1v) is 7.18. The minimum Gasteiger partial charge on any atom is -0.466 e.